The van der Waals surface area contributed by atoms with Gasteiger partial charge >= 0.3 is 5.69 Å². The summed E-state index contributed by atoms with van der Waals surface area (Å²) in [6, 6.07) is 7.86. The van der Waals surface area contributed by atoms with Crippen LogP contribution in [0.2, 0.25) is 10.0 Å². The number of methoxy groups -OCH3 is 1. The van der Waals surface area contributed by atoms with Gasteiger partial charge in [-0.05, 0) is 18.2 Å². The van der Waals surface area contributed by atoms with Crippen molar-refractivity contribution in [3.63, 3.8) is 0 Å². The first kappa shape index (κ1) is 16.2. The van der Waals surface area contributed by atoms with Crippen molar-refractivity contribution in [3.05, 3.63) is 56.8 Å². The van der Waals surface area contributed by atoms with Gasteiger partial charge in [-0.25, -0.2) is 9.97 Å². The first-order chi connectivity index (χ1) is 11.5. The van der Waals surface area contributed by atoms with Gasteiger partial charge in [0.05, 0.1) is 33.0 Å². The van der Waals surface area contributed by atoms with Gasteiger partial charge in [-0.15, -0.1) is 0 Å². The minimum absolute atomic E-state index is 0.131. The summed E-state index contributed by atoms with van der Waals surface area (Å²) in [7, 11) is 1.37. The lowest BCUT2D eigenvalue weighted by atomic mass is 10.2. The summed E-state index contributed by atoms with van der Waals surface area (Å²) >= 11 is 11.9. The van der Waals surface area contributed by atoms with Crippen LogP contribution in [0.25, 0.3) is 10.9 Å². The van der Waals surface area contributed by atoms with Crippen LogP contribution in [0.15, 0.2) is 36.7 Å². The third-order valence-electron chi connectivity index (χ3n) is 3.31. The second-order valence-electron chi connectivity index (χ2n) is 4.77. The molecule has 3 rings (SSSR count). The number of fused-ring (bicyclic) bond motifs is 1. The lowest BCUT2D eigenvalue weighted by Gasteiger charge is -2.10. The summed E-state index contributed by atoms with van der Waals surface area (Å²) < 4.78 is 5.05. The van der Waals surface area contributed by atoms with Gasteiger partial charge in [-0.3, -0.25) is 10.1 Å². The Morgan fingerprint density at radius 2 is 1.96 bits per heavy atom. The maximum absolute atomic E-state index is 11.2. The Morgan fingerprint density at radius 3 is 2.62 bits per heavy atom. The van der Waals surface area contributed by atoms with Crippen molar-refractivity contribution in [1.29, 1.82) is 0 Å². The lowest BCUT2D eigenvalue weighted by Crippen LogP contribution is -1.99. The molecule has 122 valence electrons. The minimum atomic E-state index is -0.520. The van der Waals surface area contributed by atoms with Gasteiger partial charge < -0.3 is 10.1 Å². The highest BCUT2D eigenvalue weighted by Crippen LogP contribution is 2.34. The molecule has 0 radical (unpaired) electrons. The Hall–Kier alpha value is -2.64. The maximum atomic E-state index is 11.2. The zero-order valence-corrected chi connectivity index (χ0v) is 13.8. The number of anilines is 2. The predicted octanol–water partition coefficient (Wildman–Crippen LogP) is 4.60. The fourth-order valence-electron chi connectivity index (χ4n) is 2.19. The molecule has 0 spiro atoms. The van der Waals surface area contributed by atoms with Crippen molar-refractivity contribution >= 4 is 51.3 Å². The van der Waals surface area contributed by atoms with Gasteiger partial charge in [0.1, 0.15) is 12.1 Å². The summed E-state index contributed by atoms with van der Waals surface area (Å²) in [6.07, 6.45) is 1.35. The van der Waals surface area contributed by atoms with Crippen LogP contribution in [-0.2, 0) is 0 Å². The highest BCUT2D eigenvalue weighted by molar-refractivity contribution is 6.42. The molecule has 0 aliphatic heterocycles. The smallest absolute Gasteiger partial charge is 0.311 e. The fraction of sp³-hybridized carbons (Fsp3) is 0.0667. The highest BCUT2D eigenvalue weighted by Gasteiger charge is 2.18. The van der Waals surface area contributed by atoms with Gasteiger partial charge in [0.25, 0.3) is 0 Å². The predicted molar refractivity (Wildman–Crippen MR) is 92.5 cm³/mol. The molecule has 0 fully saturated rings. The van der Waals surface area contributed by atoms with E-state index in [4.69, 9.17) is 27.9 Å². The molecule has 1 aromatic heterocycles. The van der Waals surface area contributed by atoms with E-state index in [-0.39, 0.29) is 11.4 Å². The molecule has 9 heteroatoms. The molecule has 2 aromatic carbocycles. The normalized spacial score (nSPS) is 10.6. The maximum Gasteiger partial charge on any atom is 0.311 e. The van der Waals surface area contributed by atoms with E-state index in [0.29, 0.717) is 32.5 Å². The van der Waals surface area contributed by atoms with Crippen LogP contribution in [0.1, 0.15) is 0 Å². The number of rotatable bonds is 4. The van der Waals surface area contributed by atoms with E-state index in [2.05, 4.69) is 15.3 Å². The molecule has 0 saturated carbocycles. The van der Waals surface area contributed by atoms with Gasteiger partial charge in [0.15, 0.2) is 5.75 Å². The first-order valence-corrected chi connectivity index (χ1v) is 7.44. The molecule has 1 heterocycles. The third-order valence-corrected chi connectivity index (χ3v) is 4.05. The number of nitro benzene ring substituents is 1. The standard InChI is InChI=1S/C15H10Cl2N4O3/c1-24-14-6-12-9(5-13(14)21(22)23)15(19-7-18-12)20-8-2-3-10(16)11(17)4-8/h2-7H,1H3,(H,18,19,20). The molecular weight excluding hydrogens is 355 g/mol. The van der Waals surface area contributed by atoms with E-state index >= 15 is 0 Å². The van der Waals surface area contributed by atoms with Crippen molar-refractivity contribution in [1.82, 2.24) is 9.97 Å². The van der Waals surface area contributed by atoms with Crippen LogP contribution in [0.4, 0.5) is 17.2 Å². The van der Waals surface area contributed by atoms with E-state index in [1.807, 2.05) is 0 Å². The molecule has 0 aliphatic rings. The van der Waals surface area contributed by atoms with Crippen molar-refractivity contribution in [2.45, 2.75) is 0 Å². The Labute approximate surface area is 146 Å². The fourth-order valence-corrected chi connectivity index (χ4v) is 2.49. The molecule has 24 heavy (non-hydrogen) atoms. The van der Waals surface area contributed by atoms with E-state index in [1.54, 1.807) is 18.2 Å². The number of benzene rings is 2. The topological polar surface area (TPSA) is 90.2 Å². The molecule has 3 aromatic rings. The van der Waals surface area contributed by atoms with Gasteiger partial charge in [-0.1, -0.05) is 23.2 Å². The molecule has 0 bridgehead atoms. The first-order valence-electron chi connectivity index (χ1n) is 6.69. The van der Waals surface area contributed by atoms with Gasteiger partial charge in [0.2, 0.25) is 0 Å². The quantitative estimate of drug-likeness (QED) is 0.537. The monoisotopic (exact) mass is 364 g/mol. The van der Waals surface area contributed by atoms with Crippen LogP contribution in [0.3, 0.4) is 0 Å². The van der Waals surface area contributed by atoms with Crippen molar-refractivity contribution in [2.24, 2.45) is 0 Å². The number of nitrogens with one attached hydrogen (secondary N) is 1. The Balaban J connectivity index is 2.12. The van der Waals surface area contributed by atoms with Crippen molar-refractivity contribution < 1.29 is 9.66 Å². The molecule has 0 atom stereocenters. The zero-order valence-electron chi connectivity index (χ0n) is 12.3. The second kappa shape index (κ2) is 6.46. The van der Waals surface area contributed by atoms with Gasteiger partial charge in [0, 0.05) is 17.8 Å². The largest absolute Gasteiger partial charge is 0.490 e. The number of halogens is 2. The number of nitro groups is 1. The lowest BCUT2D eigenvalue weighted by molar-refractivity contribution is -0.385. The molecular formula is C15H10Cl2N4O3. The molecule has 0 aliphatic carbocycles. The number of ether oxygens (including phenoxy) is 1. The molecule has 7 nitrogen and oxygen atoms in total. The van der Waals surface area contributed by atoms with E-state index in [1.165, 1.54) is 25.6 Å². The Bertz CT molecular complexity index is 949. The summed E-state index contributed by atoms with van der Waals surface area (Å²) in [4.78, 5) is 19.0. The number of hydrogen-bond donors (Lipinski definition) is 1. The average molecular weight is 365 g/mol. The van der Waals surface area contributed by atoms with Crippen LogP contribution < -0.4 is 10.1 Å². The Kier molecular flexibility index (Phi) is 4.37. The zero-order chi connectivity index (χ0) is 17.3. The third kappa shape index (κ3) is 3.04. The molecule has 0 amide bonds. The second-order valence-corrected chi connectivity index (χ2v) is 5.59. The summed E-state index contributed by atoms with van der Waals surface area (Å²) in [5.74, 6) is 0.538. The van der Waals surface area contributed by atoms with Gasteiger partial charge in [-0.2, -0.15) is 0 Å². The average Bonchev–Trinajstić information content (AvgIpc) is 2.57. The number of hydrogen-bond acceptors (Lipinski definition) is 6. The number of aromatic nitrogens is 2. The summed E-state index contributed by atoms with van der Waals surface area (Å²) in [5.41, 5.74) is 0.981. The highest BCUT2D eigenvalue weighted by atomic mass is 35.5. The minimum Gasteiger partial charge on any atom is -0.490 e. The summed E-state index contributed by atoms with van der Waals surface area (Å²) in [5, 5.41) is 15.6. The van der Waals surface area contributed by atoms with Crippen LogP contribution in [0.5, 0.6) is 5.75 Å². The van der Waals surface area contributed by atoms with Crippen molar-refractivity contribution in [3.8, 4) is 5.75 Å². The molecule has 0 saturated heterocycles. The van der Waals surface area contributed by atoms with Crippen LogP contribution in [0, 0.1) is 10.1 Å². The molecule has 0 unspecified atom stereocenters. The van der Waals surface area contributed by atoms with E-state index < -0.39 is 4.92 Å². The number of nitrogens with zero attached hydrogens (tertiary/aromatic N) is 3. The summed E-state index contributed by atoms with van der Waals surface area (Å²) in [6.45, 7) is 0. The van der Waals surface area contributed by atoms with Crippen molar-refractivity contribution in [2.75, 3.05) is 12.4 Å². The Morgan fingerprint density at radius 1 is 1.17 bits per heavy atom. The van der Waals surface area contributed by atoms with Crippen LogP contribution in [-0.4, -0.2) is 22.0 Å². The van der Waals surface area contributed by atoms with E-state index in [9.17, 15) is 10.1 Å². The molecule has 1 N–H and O–H groups in total. The SMILES string of the molecule is COc1cc2ncnc(Nc3ccc(Cl)c(Cl)c3)c2cc1[N+](=O)[O-]. The van der Waals surface area contributed by atoms with E-state index in [0.717, 1.165) is 0 Å². The van der Waals surface area contributed by atoms with Crippen LogP contribution >= 0.6 is 23.2 Å².